The second kappa shape index (κ2) is 36.5. The van der Waals surface area contributed by atoms with Crippen LogP contribution in [0, 0.1) is 20.8 Å². The minimum atomic E-state index is -1.16. The molecular formula is C90H101Cl4N13O9S3. The average Bonchev–Trinajstić information content (AvgIpc) is 1.67. The molecule has 0 aliphatic carbocycles. The van der Waals surface area contributed by atoms with Gasteiger partial charge in [0.25, 0.3) is 0 Å². The van der Waals surface area contributed by atoms with Gasteiger partial charge in [0.15, 0.2) is 18.3 Å². The highest BCUT2D eigenvalue weighted by Gasteiger charge is 2.38. The SMILES string of the molecule is COC(=O)[C@@H](OC(C)(C)C)c1c(C)cc2nc(-c3ccnc(Cl)n3)sc2c1-c1ccc(Cl)cc1.COC(=O)[C@@H](OC(C)(C)C)c1c(C)cc2nc(-c3ccnc(N4CCN(C(C)(C)C)CC4)n3)sc2c1-c1ccc(Cl)cc1.Cc1cc2nc(-c3ccnc(N4CCN(C(C)(C)C)CC4)n3)sc2c(-c2ccc(Cl)cc2)c1[C@H](OC(C)(C)C)C(=O)O. The smallest absolute Gasteiger partial charge is 0.339 e. The highest BCUT2D eigenvalue weighted by molar-refractivity contribution is 7.23. The van der Waals surface area contributed by atoms with E-state index in [2.05, 4.69) is 81.1 Å². The molecule has 6 aromatic heterocycles. The number of anilines is 2. The number of carbonyl (C=O) groups excluding carboxylic acids is 2. The Balaban J connectivity index is 0.000000165. The van der Waals surface area contributed by atoms with E-state index in [-0.39, 0.29) is 16.4 Å². The van der Waals surface area contributed by atoms with Crippen molar-refractivity contribution in [3.05, 3.63) is 182 Å². The number of carbonyl (C=O) groups is 3. The minimum Gasteiger partial charge on any atom is -0.479 e. The van der Waals surface area contributed by atoms with Gasteiger partial charge in [-0.25, -0.2) is 59.2 Å². The standard InChI is InChI=1S/C33H40ClN5O3S.C32H38ClN5O3S.C25H23Cl2N3O3S/c1-20-19-24-28(26(21-9-11-22(34)12-10-21)25(20)27(30(40)41-8)42-33(5,6)7)43-29(36-24)23-13-14-35-31(37-23)38-15-17-39(18-16-38)32(2,3)4;1-19-18-23-27(25(20-8-10-21(33)11-9-20)24(19)26(29(39)40)41-32(5,6)7)42-28(35-23)22-12-13-34-30(36-22)37-14-16-38(17-15-37)31(2,3)4;1-13-12-17-21(34-22(29-17)16-10-11-28-24(27)30-16)19(14-6-8-15(26)9-7-14)18(13)20(23(31)32-5)33-25(2,3)4/h9-14,19,27H,15-18H2,1-8H3;8-13,18,26H,14-17H2,1-7H3,(H,39,40);6-12,20H,1-5H3/t27-;26-;20-/m000/s1. The molecule has 0 saturated carbocycles. The summed E-state index contributed by atoms with van der Waals surface area (Å²) in [6.07, 6.45) is 2.16. The van der Waals surface area contributed by atoms with Crippen LogP contribution in [-0.4, -0.2) is 172 Å². The lowest BCUT2D eigenvalue weighted by Crippen LogP contribution is -2.53. The predicted molar refractivity (Wildman–Crippen MR) is 482 cm³/mol. The van der Waals surface area contributed by atoms with Gasteiger partial charge < -0.3 is 38.6 Å². The number of aryl methyl sites for hydroxylation is 3. The third-order valence-corrected chi connectivity index (χ3v) is 24.3. The van der Waals surface area contributed by atoms with Crippen LogP contribution < -0.4 is 9.80 Å². The molecule has 2 saturated heterocycles. The number of carboxylic acids is 1. The summed E-state index contributed by atoms with van der Waals surface area (Å²) in [5, 5.41) is 14.5. The van der Waals surface area contributed by atoms with E-state index in [0.29, 0.717) is 43.2 Å². The molecule has 3 atom stereocenters. The van der Waals surface area contributed by atoms with Gasteiger partial charge in [0, 0.05) is 130 Å². The molecule has 626 valence electrons. The molecule has 0 bridgehead atoms. The number of ether oxygens (including phenoxy) is 5. The lowest BCUT2D eigenvalue weighted by atomic mass is 9.91. The van der Waals surface area contributed by atoms with Crippen LogP contribution in [0.2, 0.25) is 20.4 Å². The van der Waals surface area contributed by atoms with Crippen LogP contribution in [0.3, 0.4) is 0 Å². The number of rotatable bonds is 17. The molecule has 0 unspecified atom stereocenters. The molecular weight excluding hydrogens is 1650 g/mol. The zero-order valence-corrected chi connectivity index (χ0v) is 76.3. The predicted octanol–water partition coefficient (Wildman–Crippen LogP) is 21.6. The van der Waals surface area contributed by atoms with Crippen molar-refractivity contribution in [3.63, 3.8) is 0 Å². The van der Waals surface area contributed by atoms with Crippen LogP contribution in [0.4, 0.5) is 11.9 Å². The van der Waals surface area contributed by atoms with Gasteiger partial charge in [-0.15, -0.1) is 34.0 Å². The normalized spacial score (nSPS) is 14.8. The number of thiazole rings is 3. The number of methoxy groups -OCH3 is 2. The Labute approximate surface area is 727 Å². The Morgan fingerprint density at radius 2 is 0.681 bits per heavy atom. The van der Waals surface area contributed by atoms with Gasteiger partial charge in [-0.2, -0.15) is 0 Å². The molecule has 29 heteroatoms. The number of benzene rings is 6. The lowest BCUT2D eigenvalue weighted by Gasteiger charge is -2.42. The third kappa shape index (κ3) is 21.4. The number of esters is 2. The first-order valence-corrected chi connectivity index (χ1v) is 43.2. The monoisotopic (exact) mass is 1740 g/mol. The van der Waals surface area contributed by atoms with E-state index in [4.69, 9.17) is 95.0 Å². The first-order chi connectivity index (χ1) is 56.0. The summed E-state index contributed by atoms with van der Waals surface area (Å²) in [5.41, 5.74) is 12.7. The van der Waals surface area contributed by atoms with E-state index in [9.17, 15) is 19.5 Å². The number of hydrogen-bond donors (Lipinski definition) is 1. The summed E-state index contributed by atoms with van der Waals surface area (Å²) < 4.78 is 31.8. The second-order valence-corrected chi connectivity index (χ2v) is 38.9. The Morgan fingerprint density at radius 1 is 0.395 bits per heavy atom. The van der Waals surface area contributed by atoms with Gasteiger partial charge in [0.1, 0.15) is 32.1 Å². The molecule has 22 nitrogen and oxygen atoms in total. The highest BCUT2D eigenvalue weighted by atomic mass is 35.5. The summed E-state index contributed by atoms with van der Waals surface area (Å²) in [6.45, 7) is 43.7. The zero-order chi connectivity index (χ0) is 86.1. The van der Waals surface area contributed by atoms with Crippen molar-refractivity contribution in [2.24, 2.45) is 0 Å². The fourth-order valence-electron chi connectivity index (χ4n) is 14.5. The Bertz CT molecular complexity index is 5680. The molecule has 0 radical (unpaired) electrons. The number of aliphatic carboxylic acids is 1. The van der Waals surface area contributed by atoms with Gasteiger partial charge in [0.05, 0.1) is 61.7 Å². The maximum atomic E-state index is 13.2. The molecule has 12 aromatic rings. The maximum Gasteiger partial charge on any atom is 0.339 e. The van der Waals surface area contributed by atoms with E-state index in [1.165, 1.54) is 36.9 Å². The summed E-state index contributed by atoms with van der Waals surface area (Å²) in [6, 6.07) is 34.0. The van der Waals surface area contributed by atoms with Crippen LogP contribution in [0.5, 0.6) is 0 Å². The van der Waals surface area contributed by atoms with Crippen molar-refractivity contribution in [1.29, 1.82) is 0 Å². The van der Waals surface area contributed by atoms with Crippen molar-refractivity contribution >= 4 is 141 Å². The first kappa shape index (κ1) is 89.5. The van der Waals surface area contributed by atoms with Crippen LogP contribution in [0.1, 0.15) is 156 Å². The van der Waals surface area contributed by atoms with Gasteiger partial charge in [-0.3, -0.25) is 9.80 Å². The number of halogens is 4. The van der Waals surface area contributed by atoms with E-state index in [1.54, 1.807) is 36.0 Å². The van der Waals surface area contributed by atoms with Gasteiger partial charge >= 0.3 is 17.9 Å². The fourth-order valence-corrected chi connectivity index (χ4v) is 18.3. The Morgan fingerprint density at radius 3 is 0.958 bits per heavy atom. The first-order valence-electron chi connectivity index (χ1n) is 39.2. The minimum absolute atomic E-state index is 0.131. The largest absolute Gasteiger partial charge is 0.479 e. The molecule has 0 amide bonds. The fraction of sp³-hybridized carbons (Fsp3) is 0.400. The molecule has 1 N–H and O–H groups in total. The van der Waals surface area contributed by atoms with E-state index in [0.717, 1.165) is 166 Å². The van der Waals surface area contributed by atoms with Crippen LogP contribution in [0.15, 0.2) is 128 Å². The molecule has 8 heterocycles. The number of aromatic nitrogens is 9. The number of hydrogen-bond acceptors (Lipinski definition) is 24. The van der Waals surface area contributed by atoms with Crippen LogP contribution in [-0.2, 0) is 38.1 Å². The maximum absolute atomic E-state index is 13.2. The van der Waals surface area contributed by atoms with Gasteiger partial charge in [-0.1, -0.05) is 71.2 Å². The van der Waals surface area contributed by atoms with Gasteiger partial charge in [0.2, 0.25) is 17.2 Å². The number of fused-ring (bicyclic) bond motifs is 3. The van der Waals surface area contributed by atoms with Crippen molar-refractivity contribution in [2.45, 2.75) is 171 Å². The van der Waals surface area contributed by atoms with Crippen LogP contribution in [0.25, 0.3) is 96.1 Å². The molecule has 0 spiro atoms. The lowest BCUT2D eigenvalue weighted by molar-refractivity contribution is -0.164. The van der Waals surface area contributed by atoms with E-state index in [1.807, 2.05) is 186 Å². The Hall–Kier alpha value is -8.80. The topological polar surface area (TPSA) is 247 Å². The second-order valence-electron chi connectivity index (χ2n) is 34.3. The highest BCUT2D eigenvalue weighted by Crippen LogP contribution is 2.49. The molecule has 2 aliphatic heterocycles. The number of piperazine rings is 2. The number of nitrogens with zero attached hydrogens (tertiary/aromatic N) is 13. The van der Waals surface area contributed by atoms with Crippen molar-refractivity contribution in [3.8, 4) is 65.5 Å². The quantitative estimate of drug-likeness (QED) is 0.0657. The zero-order valence-electron chi connectivity index (χ0n) is 70.8. The molecule has 2 aliphatic rings. The summed E-state index contributed by atoms with van der Waals surface area (Å²) in [7, 11) is 2.75. The average molecular weight is 1750 g/mol. The molecule has 119 heavy (non-hydrogen) atoms. The third-order valence-electron chi connectivity index (χ3n) is 20.0. The van der Waals surface area contributed by atoms with Crippen LogP contribution >= 0.6 is 80.4 Å². The van der Waals surface area contributed by atoms with Gasteiger partial charge in [-0.05, 0) is 242 Å². The molecule has 6 aromatic carbocycles. The van der Waals surface area contributed by atoms with Crippen molar-refractivity contribution in [2.75, 3.05) is 76.4 Å². The molecule has 14 rings (SSSR count). The number of carboxylic acid groups (broad SMARTS) is 1. The summed E-state index contributed by atoms with van der Waals surface area (Å²) in [4.78, 5) is 90.4. The Kier molecular flexibility index (Phi) is 27.4. The van der Waals surface area contributed by atoms with Crippen molar-refractivity contribution in [1.82, 2.24) is 54.7 Å². The van der Waals surface area contributed by atoms with Crippen molar-refractivity contribution < 1.29 is 43.2 Å². The van der Waals surface area contributed by atoms with E-state index < -0.39 is 53.0 Å². The summed E-state index contributed by atoms with van der Waals surface area (Å²) >= 11 is 29.2. The molecule has 2 fully saturated rings. The van der Waals surface area contributed by atoms with E-state index >= 15 is 0 Å². The summed E-state index contributed by atoms with van der Waals surface area (Å²) in [5.74, 6) is -0.562.